The lowest BCUT2D eigenvalue weighted by Gasteiger charge is -2.10. The Morgan fingerprint density at radius 1 is 1.38 bits per heavy atom. The van der Waals surface area contributed by atoms with E-state index in [2.05, 4.69) is 5.32 Å². The van der Waals surface area contributed by atoms with E-state index in [0.717, 1.165) is 6.42 Å². The van der Waals surface area contributed by atoms with Crippen LogP contribution in [0.4, 0.5) is 5.69 Å². The second kappa shape index (κ2) is 7.74. The highest BCUT2D eigenvalue weighted by molar-refractivity contribution is 5.93. The van der Waals surface area contributed by atoms with Gasteiger partial charge in [-0.2, -0.15) is 0 Å². The van der Waals surface area contributed by atoms with E-state index >= 15 is 0 Å². The summed E-state index contributed by atoms with van der Waals surface area (Å²) in [4.78, 5) is 11.5. The largest absolute Gasteiger partial charge is 0.506 e. The van der Waals surface area contributed by atoms with Gasteiger partial charge in [0.1, 0.15) is 5.75 Å². The monoisotopic (exact) mass is 225 g/mol. The van der Waals surface area contributed by atoms with Crippen LogP contribution in [-0.2, 0) is 4.79 Å². The number of hydrogen-bond donors (Lipinski definition) is 2. The van der Waals surface area contributed by atoms with Gasteiger partial charge in [0.2, 0.25) is 5.91 Å². The van der Waals surface area contributed by atoms with Gasteiger partial charge in [-0.25, -0.2) is 0 Å². The highest BCUT2D eigenvalue weighted by atomic mass is 16.3. The number of aromatic hydroxyl groups is 1. The zero-order chi connectivity index (χ0) is 10.6. The highest BCUT2D eigenvalue weighted by Gasteiger charge is 2.11. The number of phenols is 1. The maximum absolute atomic E-state index is 11.5. The third kappa shape index (κ3) is 4.34. The predicted molar refractivity (Wildman–Crippen MR) is 69.7 cm³/mol. The molecule has 1 rings (SSSR count). The van der Waals surface area contributed by atoms with Gasteiger partial charge >= 0.3 is 0 Å². The average Bonchev–Trinajstić information content (AvgIpc) is 2.20. The number of amides is 1. The topological polar surface area (TPSA) is 49.3 Å². The molecule has 0 saturated heterocycles. The van der Waals surface area contributed by atoms with E-state index in [0.29, 0.717) is 5.69 Å². The first-order valence-corrected chi connectivity index (χ1v) is 4.74. The van der Waals surface area contributed by atoms with Crippen LogP contribution in [0.25, 0.3) is 0 Å². The summed E-state index contributed by atoms with van der Waals surface area (Å²) in [6.45, 7) is 3.81. The lowest BCUT2D eigenvalue weighted by molar-refractivity contribution is -0.119. The van der Waals surface area contributed by atoms with E-state index in [1.54, 1.807) is 24.3 Å². The number of phenolic OH excluding ortho intramolecular Hbond substituents is 1. The molecule has 0 radical (unpaired) electrons. The zero-order valence-corrected chi connectivity index (χ0v) is 8.45. The van der Waals surface area contributed by atoms with E-state index in [1.807, 2.05) is 13.8 Å². The number of carbonyl (C=O) groups excluding carboxylic acids is 1. The molecule has 1 atom stereocenters. The molecule has 3 heteroatoms. The van der Waals surface area contributed by atoms with Crippen LogP contribution in [0.1, 0.15) is 35.1 Å². The van der Waals surface area contributed by atoms with Crippen molar-refractivity contribution in [2.75, 3.05) is 5.32 Å². The maximum Gasteiger partial charge on any atom is 0.227 e. The molecule has 0 heterocycles. The summed E-state index contributed by atoms with van der Waals surface area (Å²) in [5.74, 6) is 0.00718. The van der Waals surface area contributed by atoms with Crippen molar-refractivity contribution in [3.05, 3.63) is 24.3 Å². The molecule has 0 saturated carbocycles. The summed E-state index contributed by atoms with van der Waals surface area (Å²) in [5, 5.41) is 12.1. The van der Waals surface area contributed by atoms with E-state index in [-0.39, 0.29) is 32.4 Å². The maximum atomic E-state index is 11.5. The Morgan fingerprint density at radius 2 is 1.94 bits per heavy atom. The first-order chi connectivity index (χ1) is 6.65. The molecule has 16 heavy (non-hydrogen) atoms. The van der Waals surface area contributed by atoms with Gasteiger partial charge in [0.25, 0.3) is 0 Å². The molecule has 92 valence electrons. The zero-order valence-electron chi connectivity index (χ0n) is 8.45. The normalized spacial score (nSPS) is 10.6. The summed E-state index contributed by atoms with van der Waals surface area (Å²) in [6, 6.07) is 6.71. The van der Waals surface area contributed by atoms with Gasteiger partial charge in [-0.05, 0) is 18.6 Å². The van der Waals surface area contributed by atoms with Crippen molar-refractivity contribution in [3.63, 3.8) is 0 Å². The van der Waals surface area contributed by atoms with Crippen molar-refractivity contribution < 1.29 is 9.90 Å². The summed E-state index contributed by atoms with van der Waals surface area (Å²) in [5.41, 5.74) is 0.470. The minimum Gasteiger partial charge on any atom is -0.506 e. The Balaban J connectivity index is 0. The molecule has 1 aromatic rings. The van der Waals surface area contributed by atoms with Gasteiger partial charge in [-0.3, -0.25) is 4.79 Å². The number of nitrogens with one attached hydrogen (secondary N) is 1. The molecule has 1 unspecified atom stereocenters. The molecule has 0 fully saturated rings. The number of benzene rings is 1. The number of carbonyl (C=O) groups is 1. The first kappa shape index (κ1) is 16.9. The molecular weight excluding hydrogens is 202 g/mol. The molecule has 3 nitrogen and oxygen atoms in total. The van der Waals surface area contributed by atoms with Crippen molar-refractivity contribution in [3.8, 4) is 5.75 Å². The van der Waals surface area contributed by atoms with Crippen LogP contribution in [0.5, 0.6) is 5.75 Å². The van der Waals surface area contributed by atoms with Crippen LogP contribution in [0.3, 0.4) is 0 Å². The quantitative estimate of drug-likeness (QED) is 0.771. The van der Waals surface area contributed by atoms with Crippen molar-refractivity contribution >= 4 is 11.6 Å². The fourth-order valence-electron chi connectivity index (χ4n) is 1.02. The Morgan fingerprint density at radius 3 is 2.44 bits per heavy atom. The standard InChI is InChI=1S/C11H15NO2.2CH4/c1-3-8(2)11(14)12-9-6-4-5-7-10(9)13;;/h4-8,13H,3H2,1-2H3,(H,12,14);2*1H4. The molecule has 0 aliphatic rings. The smallest absolute Gasteiger partial charge is 0.227 e. The fraction of sp³-hybridized carbons (Fsp3) is 0.462. The first-order valence-electron chi connectivity index (χ1n) is 4.74. The molecule has 1 amide bonds. The van der Waals surface area contributed by atoms with Gasteiger partial charge in [0.05, 0.1) is 5.69 Å². The Kier molecular flexibility index (Phi) is 8.18. The van der Waals surface area contributed by atoms with Gasteiger partial charge < -0.3 is 10.4 Å². The average molecular weight is 225 g/mol. The number of anilines is 1. The number of rotatable bonds is 3. The predicted octanol–water partition coefficient (Wildman–Crippen LogP) is 3.65. The van der Waals surface area contributed by atoms with E-state index in [4.69, 9.17) is 0 Å². The van der Waals surface area contributed by atoms with E-state index in [9.17, 15) is 9.90 Å². The molecular formula is C13H23NO2. The van der Waals surface area contributed by atoms with Crippen molar-refractivity contribution in [2.24, 2.45) is 5.92 Å². The Hall–Kier alpha value is -1.51. The van der Waals surface area contributed by atoms with Crippen molar-refractivity contribution in [1.82, 2.24) is 0 Å². The van der Waals surface area contributed by atoms with E-state index in [1.165, 1.54) is 0 Å². The molecule has 0 bridgehead atoms. The van der Waals surface area contributed by atoms with Crippen molar-refractivity contribution in [2.45, 2.75) is 35.1 Å². The van der Waals surface area contributed by atoms with Gasteiger partial charge in [-0.1, -0.05) is 40.8 Å². The summed E-state index contributed by atoms with van der Waals surface area (Å²) in [6.07, 6.45) is 0.791. The number of hydrogen-bond acceptors (Lipinski definition) is 2. The minimum atomic E-state index is -0.0611. The molecule has 0 aliphatic heterocycles. The number of para-hydroxylation sites is 2. The van der Waals surface area contributed by atoms with Gasteiger partial charge in [0, 0.05) is 5.92 Å². The highest BCUT2D eigenvalue weighted by Crippen LogP contribution is 2.22. The van der Waals surface area contributed by atoms with Crippen molar-refractivity contribution in [1.29, 1.82) is 0 Å². The summed E-state index contributed by atoms with van der Waals surface area (Å²) < 4.78 is 0. The summed E-state index contributed by atoms with van der Waals surface area (Å²) >= 11 is 0. The van der Waals surface area contributed by atoms with Crippen LogP contribution >= 0.6 is 0 Å². The molecule has 0 spiro atoms. The molecule has 0 aromatic heterocycles. The second-order valence-corrected chi connectivity index (χ2v) is 3.32. The van der Waals surface area contributed by atoms with E-state index < -0.39 is 0 Å². The lowest BCUT2D eigenvalue weighted by Crippen LogP contribution is -2.19. The summed E-state index contributed by atoms with van der Waals surface area (Å²) in [7, 11) is 0. The molecule has 2 N–H and O–H groups in total. The third-order valence-electron chi connectivity index (χ3n) is 2.22. The van der Waals surface area contributed by atoms with Crippen LogP contribution in [-0.4, -0.2) is 11.0 Å². The fourth-order valence-corrected chi connectivity index (χ4v) is 1.02. The second-order valence-electron chi connectivity index (χ2n) is 3.32. The Bertz CT molecular complexity index is 323. The SMILES string of the molecule is C.C.CCC(C)C(=O)Nc1ccccc1O. The van der Waals surface area contributed by atoms with Crippen LogP contribution < -0.4 is 5.32 Å². The molecule has 0 aliphatic carbocycles. The Labute approximate surface area is 98.5 Å². The minimum absolute atomic E-state index is 0. The third-order valence-corrected chi connectivity index (χ3v) is 2.22. The van der Waals surface area contributed by atoms with Gasteiger partial charge in [-0.15, -0.1) is 0 Å². The lowest BCUT2D eigenvalue weighted by atomic mass is 10.1. The molecule has 1 aromatic carbocycles. The van der Waals surface area contributed by atoms with Crippen LogP contribution in [0.15, 0.2) is 24.3 Å². The van der Waals surface area contributed by atoms with Crippen LogP contribution in [0, 0.1) is 5.92 Å². The van der Waals surface area contributed by atoms with Gasteiger partial charge in [0.15, 0.2) is 0 Å². The van der Waals surface area contributed by atoms with Crippen LogP contribution in [0.2, 0.25) is 0 Å².